The van der Waals surface area contributed by atoms with E-state index in [2.05, 4.69) is 4.98 Å². The van der Waals surface area contributed by atoms with E-state index in [-0.39, 0.29) is 6.54 Å². The van der Waals surface area contributed by atoms with Crippen LogP contribution in [0.1, 0.15) is 42.9 Å². The fraction of sp³-hybridized carbons (Fsp3) is 0.389. The molecule has 2 saturated carbocycles. The van der Waals surface area contributed by atoms with Gasteiger partial charge in [-0.1, -0.05) is 6.07 Å². The molecule has 2 aliphatic rings. The van der Waals surface area contributed by atoms with Gasteiger partial charge < -0.3 is 0 Å². The van der Waals surface area contributed by atoms with E-state index in [0.717, 1.165) is 22.7 Å². The lowest BCUT2D eigenvalue weighted by Gasteiger charge is -2.22. The Morgan fingerprint density at radius 2 is 1.46 bits per heavy atom. The van der Waals surface area contributed by atoms with E-state index in [4.69, 9.17) is 0 Å². The lowest BCUT2D eigenvalue weighted by molar-refractivity contribution is 0.345. The fourth-order valence-corrected chi connectivity index (χ4v) is 4.82. The number of benzene rings is 1. The zero-order chi connectivity index (χ0) is 20.2. The van der Waals surface area contributed by atoms with Gasteiger partial charge in [0, 0.05) is 12.2 Å². The molecule has 0 spiro atoms. The van der Waals surface area contributed by atoms with Crippen molar-refractivity contribution in [2.24, 2.45) is 0 Å². The first-order chi connectivity index (χ1) is 13.2. The number of hydrogen-bond acceptors (Lipinski definition) is 3. The van der Waals surface area contributed by atoms with E-state index < -0.39 is 50.0 Å². The van der Waals surface area contributed by atoms with Crippen molar-refractivity contribution in [3.05, 3.63) is 58.7 Å². The van der Waals surface area contributed by atoms with Gasteiger partial charge in [-0.2, -0.15) is 4.31 Å². The largest absolute Gasteiger partial charge is 0.260 e. The zero-order valence-electron chi connectivity index (χ0n) is 14.4. The van der Waals surface area contributed by atoms with Gasteiger partial charge in [0.15, 0.2) is 28.2 Å². The summed E-state index contributed by atoms with van der Waals surface area (Å²) in [5.41, 5.74) is 1.34. The van der Waals surface area contributed by atoms with Crippen molar-refractivity contribution in [2.45, 2.75) is 49.1 Å². The third kappa shape index (κ3) is 3.28. The van der Waals surface area contributed by atoms with E-state index in [9.17, 15) is 30.4 Å². The van der Waals surface area contributed by atoms with Crippen molar-refractivity contribution in [3.63, 3.8) is 0 Å². The lowest BCUT2D eigenvalue weighted by atomic mass is 10.2. The van der Waals surface area contributed by atoms with Crippen LogP contribution in [0.15, 0.2) is 23.2 Å². The summed E-state index contributed by atoms with van der Waals surface area (Å²) in [6.07, 6.45) is 4.58. The highest BCUT2D eigenvalue weighted by atomic mass is 32.2. The molecule has 1 heterocycles. The van der Waals surface area contributed by atoms with Gasteiger partial charge in [0.05, 0.1) is 12.2 Å². The van der Waals surface area contributed by atoms with Crippen LogP contribution in [0.2, 0.25) is 0 Å². The highest BCUT2D eigenvalue weighted by Crippen LogP contribution is 2.40. The summed E-state index contributed by atoms with van der Waals surface area (Å²) in [5, 5.41) is 0. The molecule has 150 valence electrons. The van der Waals surface area contributed by atoms with Gasteiger partial charge in [-0.25, -0.2) is 30.4 Å². The molecule has 0 atom stereocenters. The van der Waals surface area contributed by atoms with Gasteiger partial charge in [0.1, 0.15) is 0 Å². The normalized spacial score (nSPS) is 17.4. The van der Waals surface area contributed by atoms with Gasteiger partial charge in [0.25, 0.3) is 0 Å². The summed E-state index contributed by atoms with van der Waals surface area (Å²) in [4.78, 5) is 2.36. The summed E-state index contributed by atoms with van der Waals surface area (Å²) < 4.78 is 94.9. The Morgan fingerprint density at radius 3 is 1.93 bits per heavy atom. The molecule has 0 amide bonds. The maximum absolute atomic E-state index is 14.1. The molecule has 2 aliphatic carbocycles. The van der Waals surface area contributed by atoms with Crippen molar-refractivity contribution in [1.82, 2.24) is 9.29 Å². The molecule has 28 heavy (non-hydrogen) atoms. The van der Waals surface area contributed by atoms with Crippen molar-refractivity contribution in [3.8, 4) is 0 Å². The zero-order valence-corrected chi connectivity index (χ0v) is 15.2. The fourth-order valence-electron chi connectivity index (χ4n) is 3.05. The van der Waals surface area contributed by atoms with Gasteiger partial charge in [-0.3, -0.25) is 4.98 Å². The molecule has 4 nitrogen and oxygen atoms in total. The summed E-state index contributed by atoms with van der Waals surface area (Å²) in [6.45, 7) is -0.322. The Kier molecular flexibility index (Phi) is 4.65. The van der Waals surface area contributed by atoms with Crippen molar-refractivity contribution < 1.29 is 30.4 Å². The molecule has 4 rings (SSSR count). The standard InChI is InChI=1S/C18H15F5N2O2S/c19-13-14(20)16(22)18(17(23)15(13)21)28(26,27)25(12-5-6-12)8-11-4-3-10(7-24-11)9-1-2-9/h3-4,7,9,12H,1-2,5-6,8H2. The van der Waals surface area contributed by atoms with Crippen molar-refractivity contribution >= 4 is 10.0 Å². The predicted molar refractivity (Wildman–Crippen MR) is 88.2 cm³/mol. The van der Waals surface area contributed by atoms with Crippen molar-refractivity contribution in [2.75, 3.05) is 0 Å². The first-order valence-corrected chi connectivity index (χ1v) is 10.1. The first kappa shape index (κ1) is 19.3. The highest BCUT2D eigenvalue weighted by Gasteiger charge is 2.43. The third-order valence-corrected chi connectivity index (χ3v) is 6.82. The minimum atomic E-state index is -4.98. The smallest absolute Gasteiger partial charge is 0.249 e. The molecule has 0 unspecified atom stereocenters. The quantitative estimate of drug-likeness (QED) is 0.405. The Labute approximate surface area is 158 Å². The van der Waals surface area contributed by atoms with Crippen LogP contribution in [0.3, 0.4) is 0 Å². The van der Waals surface area contributed by atoms with Gasteiger partial charge >= 0.3 is 0 Å². The molecule has 0 bridgehead atoms. The first-order valence-electron chi connectivity index (χ1n) is 8.70. The van der Waals surface area contributed by atoms with Crippen LogP contribution in [-0.4, -0.2) is 23.7 Å². The molecule has 1 aromatic heterocycles. The minimum absolute atomic E-state index is 0.322. The average Bonchev–Trinajstić information content (AvgIpc) is 3.55. The molecule has 0 N–H and O–H groups in total. The maximum Gasteiger partial charge on any atom is 0.249 e. The van der Waals surface area contributed by atoms with Gasteiger partial charge in [-0.15, -0.1) is 0 Å². The van der Waals surface area contributed by atoms with Crippen LogP contribution in [-0.2, 0) is 16.6 Å². The third-order valence-electron chi connectivity index (χ3n) is 4.90. The molecular formula is C18H15F5N2O2S. The lowest BCUT2D eigenvalue weighted by Crippen LogP contribution is -2.34. The molecule has 10 heteroatoms. The van der Waals surface area contributed by atoms with Crippen LogP contribution in [0, 0.1) is 29.1 Å². The number of pyridine rings is 1. The molecule has 0 radical (unpaired) electrons. The SMILES string of the molecule is O=S(=O)(c1c(F)c(F)c(F)c(F)c1F)N(Cc1ccc(C2CC2)cn1)C1CC1. The molecule has 1 aromatic carbocycles. The van der Waals surface area contributed by atoms with Gasteiger partial charge in [-0.05, 0) is 43.2 Å². The summed E-state index contributed by atoms with van der Waals surface area (Å²) in [5.74, 6) is -11.3. The topological polar surface area (TPSA) is 50.3 Å². The van der Waals surface area contributed by atoms with Crippen molar-refractivity contribution in [1.29, 1.82) is 0 Å². The van der Waals surface area contributed by atoms with E-state index in [1.54, 1.807) is 18.3 Å². The Morgan fingerprint density at radius 1 is 0.893 bits per heavy atom. The Hall–Kier alpha value is -2.07. The number of rotatable bonds is 6. The van der Waals surface area contributed by atoms with E-state index in [1.165, 1.54) is 0 Å². The van der Waals surface area contributed by atoms with Crippen LogP contribution in [0.4, 0.5) is 22.0 Å². The molecular weight excluding hydrogens is 403 g/mol. The molecule has 2 fully saturated rings. The van der Waals surface area contributed by atoms with Crippen LogP contribution in [0.5, 0.6) is 0 Å². The monoisotopic (exact) mass is 418 g/mol. The molecule has 2 aromatic rings. The van der Waals surface area contributed by atoms with Gasteiger partial charge in [0.2, 0.25) is 15.8 Å². The molecule has 0 saturated heterocycles. The molecule has 0 aliphatic heterocycles. The maximum atomic E-state index is 14.1. The number of nitrogens with zero attached hydrogens (tertiary/aromatic N) is 2. The second-order valence-corrected chi connectivity index (χ2v) is 8.87. The Balaban J connectivity index is 1.71. The summed E-state index contributed by atoms with van der Waals surface area (Å²) in [6, 6.07) is 2.83. The van der Waals surface area contributed by atoms with Crippen LogP contribution in [0.25, 0.3) is 0 Å². The second-order valence-electron chi connectivity index (χ2n) is 7.04. The predicted octanol–water partition coefficient (Wildman–Crippen LogP) is 4.01. The Bertz CT molecular complexity index is 1010. The number of aromatic nitrogens is 1. The number of halogens is 5. The summed E-state index contributed by atoms with van der Waals surface area (Å²) >= 11 is 0. The minimum Gasteiger partial charge on any atom is -0.260 e. The van der Waals surface area contributed by atoms with E-state index in [0.29, 0.717) is 24.5 Å². The van der Waals surface area contributed by atoms with E-state index in [1.807, 2.05) is 0 Å². The number of hydrogen-bond donors (Lipinski definition) is 0. The number of sulfonamides is 1. The van der Waals surface area contributed by atoms with Crippen LogP contribution < -0.4 is 0 Å². The van der Waals surface area contributed by atoms with Crippen LogP contribution >= 0.6 is 0 Å². The average molecular weight is 418 g/mol. The van der Waals surface area contributed by atoms with E-state index >= 15 is 0 Å². The second kappa shape index (κ2) is 6.77. The summed E-state index contributed by atoms with van der Waals surface area (Å²) in [7, 11) is -4.98. The highest BCUT2D eigenvalue weighted by molar-refractivity contribution is 7.89.